The Kier molecular flexibility index (Phi) is 8.32. The number of halogens is 4. The van der Waals surface area contributed by atoms with Crippen molar-refractivity contribution in [2.45, 2.75) is 58.2 Å². The summed E-state index contributed by atoms with van der Waals surface area (Å²) in [7, 11) is 0. The first-order chi connectivity index (χ1) is 15.4. The molecule has 0 spiro atoms. The summed E-state index contributed by atoms with van der Waals surface area (Å²) < 4.78 is 55.5. The van der Waals surface area contributed by atoms with Gasteiger partial charge in [-0.25, -0.2) is 4.39 Å². The predicted molar refractivity (Wildman–Crippen MR) is 121 cm³/mol. The van der Waals surface area contributed by atoms with Crippen molar-refractivity contribution >= 4 is 0 Å². The van der Waals surface area contributed by atoms with Crippen molar-refractivity contribution in [3.05, 3.63) is 78.1 Å². The van der Waals surface area contributed by atoms with Gasteiger partial charge in [-0.15, -0.1) is 13.2 Å². The summed E-state index contributed by atoms with van der Waals surface area (Å²) in [6, 6.07) is 18.3. The summed E-state index contributed by atoms with van der Waals surface area (Å²) in [6.45, 7) is 2.22. The van der Waals surface area contributed by atoms with Crippen LogP contribution in [0.3, 0.4) is 0 Å². The van der Waals surface area contributed by atoms with E-state index in [2.05, 4.69) is 23.8 Å². The number of ether oxygens (including phenoxy) is 1. The molecular formula is C27H28F4O. The first-order valence-electron chi connectivity index (χ1n) is 11.1. The zero-order chi connectivity index (χ0) is 23.0. The van der Waals surface area contributed by atoms with Crippen LogP contribution in [0.5, 0.6) is 5.75 Å². The van der Waals surface area contributed by atoms with Gasteiger partial charge in [0.1, 0.15) is 11.6 Å². The van der Waals surface area contributed by atoms with Crippen LogP contribution in [-0.4, -0.2) is 6.36 Å². The third-order valence-corrected chi connectivity index (χ3v) is 5.47. The van der Waals surface area contributed by atoms with Crippen LogP contribution in [0.2, 0.25) is 0 Å². The molecule has 0 heterocycles. The molecule has 0 aliphatic carbocycles. The minimum Gasteiger partial charge on any atom is -0.406 e. The Bertz CT molecular complexity index is 976. The van der Waals surface area contributed by atoms with Crippen LogP contribution in [-0.2, 0) is 6.42 Å². The van der Waals surface area contributed by atoms with Crippen LogP contribution in [0.1, 0.15) is 51.0 Å². The predicted octanol–water partition coefficient (Wildman–Crippen LogP) is 8.96. The molecule has 0 bridgehead atoms. The molecule has 32 heavy (non-hydrogen) atoms. The molecular weight excluding hydrogens is 416 g/mol. The topological polar surface area (TPSA) is 9.23 Å². The summed E-state index contributed by atoms with van der Waals surface area (Å²) in [5.74, 6) is -0.762. The summed E-state index contributed by atoms with van der Waals surface area (Å²) in [6.07, 6.45) is 3.88. The molecule has 0 radical (unpaired) electrons. The molecule has 0 atom stereocenters. The summed E-state index contributed by atoms with van der Waals surface area (Å²) >= 11 is 0. The molecule has 170 valence electrons. The van der Waals surface area contributed by atoms with E-state index >= 15 is 0 Å². The maximum Gasteiger partial charge on any atom is 0.573 e. The molecule has 3 aromatic rings. The zero-order valence-electron chi connectivity index (χ0n) is 18.2. The van der Waals surface area contributed by atoms with Gasteiger partial charge in [-0.1, -0.05) is 87.6 Å². The molecule has 5 heteroatoms. The Morgan fingerprint density at radius 3 is 1.91 bits per heavy atom. The molecule has 0 aliphatic heterocycles. The quantitative estimate of drug-likeness (QED) is 0.224. The molecule has 3 rings (SSSR count). The fourth-order valence-electron chi connectivity index (χ4n) is 3.74. The SMILES string of the molecule is CCCCCCCCc1ccc(-c2ccc(-c3ccc(OC(F)(F)F)cc3)c(F)c2)cc1. The monoisotopic (exact) mass is 444 g/mol. The number of hydrogen-bond acceptors (Lipinski definition) is 1. The van der Waals surface area contributed by atoms with Crippen molar-refractivity contribution in [3.63, 3.8) is 0 Å². The van der Waals surface area contributed by atoms with Crippen LogP contribution in [0.25, 0.3) is 22.3 Å². The second-order valence-electron chi connectivity index (χ2n) is 7.98. The highest BCUT2D eigenvalue weighted by atomic mass is 19.4. The molecule has 1 nitrogen and oxygen atoms in total. The Morgan fingerprint density at radius 1 is 0.688 bits per heavy atom. The summed E-state index contributed by atoms with van der Waals surface area (Å²) in [5.41, 5.74) is 3.78. The zero-order valence-corrected chi connectivity index (χ0v) is 18.2. The van der Waals surface area contributed by atoms with E-state index in [9.17, 15) is 17.6 Å². The minimum atomic E-state index is -4.75. The van der Waals surface area contributed by atoms with E-state index in [4.69, 9.17) is 0 Å². The lowest BCUT2D eigenvalue weighted by Gasteiger charge is -2.11. The van der Waals surface area contributed by atoms with Gasteiger partial charge in [-0.3, -0.25) is 0 Å². The van der Waals surface area contributed by atoms with Gasteiger partial charge in [0.15, 0.2) is 0 Å². The number of aryl methyl sites for hydroxylation is 1. The number of hydrogen-bond donors (Lipinski definition) is 0. The van der Waals surface area contributed by atoms with Crippen molar-refractivity contribution in [2.24, 2.45) is 0 Å². The van der Waals surface area contributed by atoms with Gasteiger partial charge in [0.25, 0.3) is 0 Å². The third-order valence-electron chi connectivity index (χ3n) is 5.47. The second-order valence-corrected chi connectivity index (χ2v) is 7.98. The lowest BCUT2D eigenvalue weighted by Crippen LogP contribution is -2.16. The van der Waals surface area contributed by atoms with Gasteiger partial charge >= 0.3 is 6.36 Å². The number of rotatable bonds is 10. The molecule has 0 saturated heterocycles. The molecule has 0 saturated carbocycles. The van der Waals surface area contributed by atoms with Crippen molar-refractivity contribution in [1.82, 2.24) is 0 Å². The van der Waals surface area contributed by atoms with Gasteiger partial charge in [0.05, 0.1) is 0 Å². The van der Waals surface area contributed by atoms with Crippen LogP contribution in [0.15, 0.2) is 66.7 Å². The molecule has 0 aliphatic rings. The second kappa shape index (κ2) is 11.2. The highest BCUT2D eigenvalue weighted by Crippen LogP contribution is 2.30. The Hall–Kier alpha value is -2.82. The maximum atomic E-state index is 14.8. The highest BCUT2D eigenvalue weighted by molar-refractivity contribution is 5.71. The lowest BCUT2D eigenvalue weighted by molar-refractivity contribution is -0.274. The van der Waals surface area contributed by atoms with Crippen molar-refractivity contribution in [1.29, 1.82) is 0 Å². The fraction of sp³-hybridized carbons (Fsp3) is 0.333. The fourth-order valence-corrected chi connectivity index (χ4v) is 3.74. The maximum absolute atomic E-state index is 14.8. The average molecular weight is 445 g/mol. The van der Waals surface area contributed by atoms with E-state index in [1.165, 1.54) is 74.4 Å². The Morgan fingerprint density at radius 2 is 1.28 bits per heavy atom. The van der Waals surface area contributed by atoms with E-state index in [0.29, 0.717) is 11.1 Å². The van der Waals surface area contributed by atoms with E-state index in [0.717, 1.165) is 17.5 Å². The standard InChI is InChI=1S/C27H28F4O/c1-2-3-4-5-6-7-8-20-9-11-21(12-10-20)23-15-18-25(26(28)19-23)22-13-16-24(17-14-22)32-27(29,30)31/h9-19H,2-8H2,1H3. The Balaban J connectivity index is 1.62. The van der Waals surface area contributed by atoms with E-state index in [1.807, 2.05) is 18.2 Å². The smallest absolute Gasteiger partial charge is 0.406 e. The van der Waals surface area contributed by atoms with Crippen molar-refractivity contribution < 1.29 is 22.3 Å². The largest absolute Gasteiger partial charge is 0.573 e. The number of alkyl halides is 3. The molecule has 0 aromatic heterocycles. The highest BCUT2D eigenvalue weighted by Gasteiger charge is 2.31. The van der Waals surface area contributed by atoms with Gasteiger partial charge in [-0.2, -0.15) is 0 Å². The van der Waals surface area contributed by atoms with Crippen molar-refractivity contribution in [2.75, 3.05) is 0 Å². The average Bonchev–Trinajstić information content (AvgIpc) is 2.76. The third kappa shape index (κ3) is 7.11. The van der Waals surface area contributed by atoms with Crippen LogP contribution >= 0.6 is 0 Å². The van der Waals surface area contributed by atoms with Crippen LogP contribution in [0, 0.1) is 5.82 Å². The molecule has 0 unspecified atom stereocenters. The minimum absolute atomic E-state index is 0.326. The number of benzene rings is 3. The Labute approximate surface area is 187 Å². The molecule has 0 fully saturated rings. The van der Waals surface area contributed by atoms with E-state index < -0.39 is 12.2 Å². The normalized spacial score (nSPS) is 11.5. The van der Waals surface area contributed by atoms with Crippen LogP contribution < -0.4 is 4.74 Å². The molecule has 0 N–H and O–H groups in total. The summed E-state index contributed by atoms with van der Waals surface area (Å²) in [4.78, 5) is 0. The molecule has 0 amide bonds. The summed E-state index contributed by atoms with van der Waals surface area (Å²) in [5, 5.41) is 0. The number of unbranched alkanes of at least 4 members (excludes halogenated alkanes) is 5. The van der Waals surface area contributed by atoms with Gasteiger partial charge in [0.2, 0.25) is 0 Å². The lowest BCUT2D eigenvalue weighted by atomic mass is 9.98. The van der Waals surface area contributed by atoms with Gasteiger partial charge < -0.3 is 4.74 Å². The molecule has 3 aromatic carbocycles. The van der Waals surface area contributed by atoms with Gasteiger partial charge in [0, 0.05) is 5.56 Å². The van der Waals surface area contributed by atoms with Gasteiger partial charge in [-0.05, 0) is 53.3 Å². The first-order valence-corrected chi connectivity index (χ1v) is 11.1. The van der Waals surface area contributed by atoms with Crippen molar-refractivity contribution in [3.8, 4) is 28.0 Å². The van der Waals surface area contributed by atoms with E-state index in [1.54, 1.807) is 6.07 Å². The van der Waals surface area contributed by atoms with E-state index in [-0.39, 0.29) is 5.75 Å². The van der Waals surface area contributed by atoms with Crippen LogP contribution in [0.4, 0.5) is 17.6 Å². The first kappa shape index (κ1) is 23.8.